The SMILES string of the molecule is CC(N[C@@H](C)c1ccncc1)c1ccco1. The molecule has 0 saturated heterocycles. The van der Waals surface area contributed by atoms with E-state index in [4.69, 9.17) is 4.42 Å². The third-order valence-corrected chi connectivity index (χ3v) is 2.68. The first-order valence-corrected chi connectivity index (χ1v) is 5.46. The molecule has 3 heteroatoms. The second-order valence-electron chi connectivity index (χ2n) is 3.91. The van der Waals surface area contributed by atoms with Crippen molar-refractivity contribution in [3.63, 3.8) is 0 Å². The summed E-state index contributed by atoms with van der Waals surface area (Å²) < 4.78 is 5.36. The Morgan fingerprint density at radius 3 is 2.50 bits per heavy atom. The maximum atomic E-state index is 5.36. The second kappa shape index (κ2) is 4.94. The smallest absolute Gasteiger partial charge is 0.120 e. The van der Waals surface area contributed by atoms with Crippen molar-refractivity contribution in [2.75, 3.05) is 0 Å². The van der Waals surface area contributed by atoms with Crippen LogP contribution in [0.2, 0.25) is 0 Å². The molecule has 0 spiro atoms. The lowest BCUT2D eigenvalue weighted by molar-refractivity contribution is 0.403. The molecule has 2 aromatic rings. The van der Waals surface area contributed by atoms with Crippen LogP contribution in [-0.2, 0) is 0 Å². The second-order valence-corrected chi connectivity index (χ2v) is 3.91. The predicted octanol–water partition coefficient (Wildman–Crippen LogP) is 3.09. The summed E-state index contributed by atoms with van der Waals surface area (Å²) in [6.45, 7) is 4.23. The minimum Gasteiger partial charge on any atom is -0.468 e. The van der Waals surface area contributed by atoms with Gasteiger partial charge < -0.3 is 9.73 Å². The van der Waals surface area contributed by atoms with Crippen molar-refractivity contribution in [3.8, 4) is 0 Å². The molecule has 0 aliphatic carbocycles. The fraction of sp³-hybridized carbons (Fsp3) is 0.308. The van der Waals surface area contributed by atoms with Gasteiger partial charge in [0, 0.05) is 18.4 Å². The molecule has 2 atom stereocenters. The Labute approximate surface area is 95.5 Å². The van der Waals surface area contributed by atoms with E-state index in [1.165, 1.54) is 5.56 Å². The first-order valence-electron chi connectivity index (χ1n) is 5.46. The lowest BCUT2D eigenvalue weighted by atomic mass is 10.1. The van der Waals surface area contributed by atoms with Crippen LogP contribution in [0.15, 0.2) is 47.3 Å². The fourth-order valence-electron chi connectivity index (χ4n) is 1.74. The largest absolute Gasteiger partial charge is 0.468 e. The minimum atomic E-state index is 0.207. The maximum absolute atomic E-state index is 5.36. The minimum absolute atomic E-state index is 0.207. The zero-order valence-electron chi connectivity index (χ0n) is 9.55. The van der Waals surface area contributed by atoms with E-state index in [0.717, 1.165) is 5.76 Å². The van der Waals surface area contributed by atoms with Gasteiger partial charge in [0.15, 0.2) is 0 Å². The summed E-state index contributed by atoms with van der Waals surface area (Å²) in [6.07, 6.45) is 5.32. The Morgan fingerprint density at radius 1 is 1.12 bits per heavy atom. The van der Waals surface area contributed by atoms with Gasteiger partial charge in [0.1, 0.15) is 5.76 Å². The summed E-state index contributed by atoms with van der Waals surface area (Å²) in [5, 5.41) is 3.48. The summed E-state index contributed by atoms with van der Waals surface area (Å²) in [4.78, 5) is 4.01. The zero-order valence-corrected chi connectivity index (χ0v) is 9.55. The van der Waals surface area contributed by atoms with Crippen molar-refractivity contribution >= 4 is 0 Å². The van der Waals surface area contributed by atoms with Crippen LogP contribution in [0.25, 0.3) is 0 Å². The Morgan fingerprint density at radius 2 is 1.88 bits per heavy atom. The molecule has 0 aliphatic heterocycles. The van der Waals surface area contributed by atoms with Crippen molar-refractivity contribution < 1.29 is 4.42 Å². The standard InChI is InChI=1S/C13H16N2O/c1-10(12-5-7-14-8-6-12)15-11(2)13-4-3-9-16-13/h3-11,15H,1-2H3/t10-,11?/m0/s1. The topological polar surface area (TPSA) is 38.1 Å². The number of nitrogens with one attached hydrogen (secondary N) is 1. The number of nitrogens with zero attached hydrogens (tertiary/aromatic N) is 1. The zero-order chi connectivity index (χ0) is 11.4. The highest BCUT2D eigenvalue weighted by Crippen LogP contribution is 2.18. The van der Waals surface area contributed by atoms with E-state index >= 15 is 0 Å². The molecule has 2 rings (SSSR count). The van der Waals surface area contributed by atoms with Gasteiger partial charge in [-0.3, -0.25) is 4.98 Å². The molecule has 0 amide bonds. The van der Waals surface area contributed by atoms with Gasteiger partial charge in [-0.05, 0) is 43.7 Å². The molecule has 0 radical (unpaired) electrons. The van der Waals surface area contributed by atoms with Crippen molar-refractivity contribution in [1.82, 2.24) is 10.3 Å². The quantitative estimate of drug-likeness (QED) is 0.853. The lowest BCUT2D eigenvalue weighted by Gasteiger charge is -2.18. The number of rotatable bonds is 4. The number of furan rings is 1. The first kappa shape index (κ1) is 10.9. The van der Waals surface area contributed by atoms with E-state index in [2.05, 4.69) is 24.1 Å². The van der Waals surface area contributed by atoms with Crippen molar-refractivity contribution in [2.24, 2.45) is 0 Å². The molecule has 2 aromatic heterocycles. The van der Waals surface area contributed by atoms with Gasteiger partial charge >= 0.3 is 0 Å². The monoisotopic (exact) mass is 216 g/mol. The van der Waals surface area contributed by atoms with Crippen LogP contribution in [0.5, 0.6) is 0 Å². The average molecular weight is 216 g/mol. The van der Waals surface area contributed by atoms with E-state index in [-0.39, 0.29) is 12.1 Å². The van der Waals surface area contributed by atoms with Crippen LogP contribution in [0.4, 0.5) is 0 Å². The number of aromatic nitrogens is 1. The highest BCUT2D eigenvalue weighted by atomic mass is 16.3. The number of pyridine rings is 1. The molecule has 3 nitrogen and oxygen atoms in total. The van der Waals surface area contributed by atoms with Crippen molar-refractivity contribution in [3.05, 3.63) is 54.2 Å². The molecular weight excluding hydrogens is 200 g/mol. The van der Waals surface area contributed by atoms with Crippen LogP contribution in [0.3, 0.4) is 0 Å². The Bertz CT molecular complexity index is 411. The predicted molar refractivity (Wildman–Crippen MR) is 62.9 cm³/mol. The number of hydrogen-bond donors (Lipinski definition) is 1. The van der Waals surface area contributed by atoms with E-state index in [1.54, 1.807) is 6.26 Å². The normalized spacial score (nSPS) is 14.6. The highest BCUT2D eigenvalue weighted by Gasteiger charge is 2.12. The molecule has 0 aromatic carbocycles. The molecule has 1 unspecified atom stereocenters. The van der Waals surface area contributed by atoms with Gasteiger partial charge in [-0.2, -0.15) is 0 Å². The first-order chi connectivity index (χ1) is 7.77. The van der Waals surface area contributed by atoms with Crippen molar-refractivity contribution in [2.45, 2.75) is 25.9 Å². The Kier molecular flexibility index (Phi) is 3.37. The maximum Gasteiger partial charge on any atom is 0.120 e. The lowest BCUT2D eigenvalue weighted by Crippen LogP contribution is -2.22. The van der Waals surface area contributed by atoms with Gasteiger partial charge in [0.25, 0.3) is 0 Å². The van der Waals surface area contributed by atoms with Gasteiger partial charge in [0.2, 0.25) is 0 Å². The third-order valence-electron chi connectivity index (χ3n) is 2.68. The summed E-state index contributed by atoms with van der Waals surface area (Å²) in [7, 11) is 0. The van der Waals surface area contributed by atoms with Gasteiger partial charge in [-0.25, -0.2) is 0 Å². The molecule has 0 fully saturated rings. The van der Waals surface area contributed by atoms with Gasteiger partial charge in [-0.15, -0.1) is 0 Å². The molecular formula is C13H16N2O. The Balaban J connectivity index is 2.00. The molecule has 0 aliphatic rings. The molecule has 2 heterocycles. The Hall–Kier alpha value is -1.61. The third kappa shape index (κ3) is 2.49. The van der Waals surface area contributed by atoms with E-state index in [9.17, 15) is 0 Å². The molecule has 0 bridgehead atoms. The average Bonchev–Trinajstić information content (AvgIpc) is 2.83. The van der Waals surface area contributed by atoms with Gasteiger partial charge in [0.05, 0.1) is 12.3 Å². The van der Waals surface area contributed by atoms with E-state index < -0.39 is 0 Å². The molecule has 0 saturated carbocycles. The molecule has 84 valence electrons. The van der Waals surface area contributed by atoms with Crippen LogP contribution in [0, 0.1) is 0 Å². The summed E-state index contributed by atoms with van der Waals surface area (Å²) in [6, 6.07) is 8.42. The van der Waals surface area contributed by atoms with Crippen LogP contribution >= 0.6 is 0 Å². The summed E-state index contributed by atoms with van der Waals surface area (Å²) in [5.41, 5.74) is 1.23. The summed E-state index contributed by atoms with van der Waals surface area (Å²) >= 11 is 0. The fourth-order valence-corrected chi connectivity index (χ4v) is 1.74. The van der Waals surface area contributed by atoms with E-state index in [1.807, 2.05) is 36.7 Å². The number of hydrogen-bond acceptors (Lipinski definition) is 3. The molecule has 1 N–H and O–H groups in total. The van der Waals surface area contributed by atoms with Crippen LogP contribution < -0.4 is 5.32 Å². The van der Waals surface area contributed by atoms with Crippen molar-refractivity contribution in [1.29, 1.82) is 0 Å². The van der Waals surface area contributed by atoms with Crippen LogP contribution in [-0.4, -0.2) is 4.98 Å². The highest BCUT2D eigenvalue weighted by molar-refractivity contribution is 5.15. The molecule has 16 heavy (non-hydrogen) atoms. The van der Waals surface area contributed by atoms with Crippen LogP contribution in [0.1, 0.15) is 37.3 Å². The summed E-state index contributed by atoms with van der Waals surface area (Å²) in [5.74, 6) is 0.959. The van der Waals surface area contributed by atoms with Gasteiger partial charge in [-0.1, -0.05) is 0 Å². The van der Waals surface area contributed by atoms with E-state index in [0.29, 0.717) is 0 Å².